The minimum absolute atomic E-state index is 0.332. The molecular formula is C16H18N2O2. The molecule has 104 valence electrons. The van der Waals surface area contributed by atoms with Gasteiger partial charge in [-0.05, 0) is 42.9 Å². The number of aromatic nitrogens is 2. The topological polar surface area (TPSA) is 44.2 Å². The van der Waals surface area contributed by atoms with Crippen LogP contribution in [0.5, 0.6) is 17.5 Å². The molecule has 1 atom stereocenters. The third-order valence-corrected chi connectivity index (χ3v) is 3.52. The van der Waals surface area contributed by atoms with Crippen molar-refractivity contribution in [2.45, 2.75) is 19.8 Å². The van der Waals surface area contributed by atoms with Crippen molar-refractivity contribution in [1.29, 1.82) is 0 Å². The normalized spacial score (nSPS) is 15.7. The van der Waals surface area contributed by atoms with Crippen molar-refractivity contribution in [3.63, 3.8) is 0 Å². The maximum Gasteiger partial charge on any atom is 0.321 e. The summed E-state index contributed by atoms with van der Waals surface area (Å²) < 4.78 is 11.6. The van der Waals surface area contributed by atoms with E-state index in [-0.39, 0.29) is 0 Å². The Labute approximate surface area is 118 Å². The first-order chi connectivity index (χ1) is 9.83. The van der Waals surface area contributed by atoms with Gasteiger partial charge in [-0.2, -0.15) is 0 Å². The fourth-order valence-corrected chi connectivity index (χ4v) is 2.11. The van der Waals surface area contributed by atoms with Crippen LogP contribution in [0.1, 0.15) is 19.8 Å². The summed E-state index contributed by atoms with van der Waals surface area (Å²) in [4.78, 5) is 8.12. The zero-order valence-corrected chi connectivity index (χ0v) is 11.5. The SMILES string of the molecule is CC(COc1ccccc1Oc1ncccn1)C1CC1. The van der Waals surface area contributed by atoms with Gasteiger partial charge >= 0.3 is 6.01 Å². The lowest BCUT2D eigenvalue weighted by molar-refractivity contribution is 0.235. The Morgan fingerprint density at radius 1 is 1.10 bits per heavy atom. The van der Waals surface area contributed by atoms with Crippen LogP contribution in [0.2, 0.25) is 0 Å². The molecule has 2 aromatic rings. The van der Waals surface area contributed by atoms with E-state index in [1.165, 1.54) is 12.8 Å². The van der Waals surface area contributed by atoms with Crippen LogP contribution in [0.15, 0.2) is 42.7 Å². The zero-order valence-electron chi connectivity index (χ0n) is 11.5. The van der Waals surface area contributed by atoms with Gasteiger partial charge in [-0.1, -0.05) is 19.1 Å². The molecule has 0 saturated heterocycles. The van der Waals surface area contributed by atoms with E-state index in [2.05, 4.69) is 16.9 Å². The van der Waals surface area contributed by atoms with Crippen molar-refractivity contribution in [1.82, 2.24) is 9.97 Å². The van der Waals surface area contributed by atoms with Gasteiger partial charge in [0.1, 0.15) is 0 Å². The summed E-state index contributed by atoms with van der Waals surface area (Å²) in [5.74, 6) is 2.82. The van der Waals surface area contributed by atoms with Crippen LogP contribution < -0.4 is 9.47 Å². The monoisotopic (exact) mass is 270 g/mol. The Balaban J connectivity index is 1.67. The summed E-state index contributed by atoms with van der Waals surface area (Å²) in [6, 6.07) is 9.72. The highest BCUT2D eigenvalue weighted by Gasteiger charge is 2.28. The van der Waals surface area contributed by atoms with Gasteiger partial charge < -0.3 is 9.47 Å². The van der Waals surface area contributed by atoms with Crippen LogP contribution in [0, 0.1) is 11.8 Å². The predicted octanol–water partition coefficient (Wildman–Crippen LogP) is 3.69. The van der Waals surface area contributed by atoms with Gasteiger partial charge in [0.15, 0.2) is 11.5 Å². The number of ether oxygens (including phenoxy) is 2. The molecule has 0 radical (unpaired) electrons. The van der Waals surface area contributed by atoms with Gasteiger partial charge in [0.2, 0.25) is 0 Å². The first-order valence-corrected chi connectivity index (χ1v) is 6.99. The molecule has 0 bridgehead atoms. The van der Waals surface area contributed by atoms with E-state index in [4.69, 9.17) is 9.47 Å². The molecule has 1 saturated carbocycles. The van der Waals surface area contributed by atoms with Crippen molar-refractivity contribution >= 4 is 0 Å². The van der Waals surface area contributed by atoms with E-state index < -0.39 is 0 Å². The Morgan fingerprint density at radius 3 is 2.50 bits per heavy atom. The lowest BCUT2D eigenvalue weighted by Crippen LogP contribution is -2.10. The van der Waals surface area contributed by atoms with Crippen LogP contribution in [0.25, 0.3) is 0 Å². The van der Waals surface area contributed by atoms with E-state index >= 15 is 0 Å². The van der Waals surface area contributed by atoms with Gasteiger partial charge in [0.05, 0.1) is 6.61 Å². The molecule has 0 N–H and O–H groups in total. The molecule has 4 nitrogen and oxygen atoms in total. The summed E-state index contributed by atoms with van der Waals surface area (Å²) in [5, 5.41) is 0. The van der Waals surface area contributed by atoms with E-state index in [1.807, 2.05) is 24.3 Å². The second-order valence-electron chi connectivity index (χ2n) is 5.21. The molecular weight excluding hydrogens is 252 g/mol. The zero-order chi connectivity index (χ0) is 13.8. The molecule has 0 spiro atoms. The van der Waals surface area contributed by atoms with Crippen molar-refractivity contribution in [2.75, 3.05) is 6.61 Å². The third kappa shape index (κ3) is 3.26. The fourth-order valence-electron chi connectivity index (χ4n) is 2.11. The van der Waals surface area contributed by atoms with Crippen LogP contribution in [-0.4, -0.2) is 16.6 Å². The summed E-state index contributed by atoms with van der Waals surface area (Å²) in [6.45, 7) is 2.96. The van der Waals surface area contributed by atoms with E-state index in [9.17, 15) is 0 Å². The minimum atomic E-state index is 0.332. The molecule has 4 heteroatoms. The molecule has 1 aliphatic rings. The molecule has 1 aromatic carbocycles. The molecule has 1 unspecified atom stereocenters. The first-order valence-electron chi connectivity index (χ1n) is 6.99. The highest BCUT2D eigenvalue weighted by atomic mass is 16.5. The maximum absolute atomic E-state index is 5.89. The summed E-state index contributed by atoms with van der Waals surface area (Å²) in [5.41, 5.74) is 0. The van der Waals surface area contributed by atoms with Crippen LogP contribution >= 0.6 is 0 Å². The average Bonchev–Trinajstić information content (AvgIpc) is 3.32. The maximum atomic E-state index is 5.89. The standard InChI is InChI=1S/C16H18N2O2/c1-12(13-7-8-13)11-19-14-5-2-3-6-15(14)20-16-17-9-4-10-18-16/h2-6,9-10,12-13H,7-8,11H2,1H3. The Bertz CT molecular complexity index is 555. The van der Waals surface area contributed by atoms with Gasteiger partial charge in [0, 0.05) is 12.4 Å². The van der Waals surface area contributed by atoms with Crippen molar-refractivity contribution in [2.24, 2.45) is 11.8 Å². The van der Waals surface area contributed by atoms with E-state index in [0.29, 0.717) is 17.7 Å². The Hall–Kier alpha value is -2.10. The number of para-hydroxylation sites is 2. The molecule has 20 heavy (non-hydrogen) atoms. The lowest BCUT2D eigenvalue weighted by atomic mass is 10.1. The van der Waals surface area contributed by atoms with Crippen LogP contribution in [0.3, 0.4) is 0 Å². The van der Waals surface area contributed by atoms with Crippen LogP contribution in [-0.2, 0) is 0 Å². The van der Waals surface area contributed by atoms with Gasteiger partial charge in [-0.3, -0.25) is 0 Å². The largest absolute Gasteiger partial charge is 0.489 e. The number of benzene rings is 1. The summed E-state index contributed by atoms with van der Waals surface area (Å²) in [7, 11) is 0. The van der Waals surface area contributed by atoms with E-state index in [1.54, 1.807) is 18.5 Å². The first kappa shape index (κ1) is 12.9. The molecule has 1 aromatic heterocycles. The second-order valence-corrected chi connectivity index (χ2v) is 5.21. The molecule has 1 aliphatic carbocycles. The van der Waals surface area contributed by atoms with Gasteiger partial charge in [-0.15, -0.1) is 0 Å². The fraction of sp³-hybridized carbons (Fsp3) is 0.375. The molecule has 3 rings (SSSR count). The number of nitrogens with zero attached hydrogens (tertiary/aromatic N) is 2. The Kier molecular flexibility index (Phi) is 3.81. The molecule has 0 aliphatic heterocycles. The molecule has 1 heterocycles. The quantitative estimate of drug-likeness (QED) is 0.803. The number of rotatable bonds is 6. The van der Waals surface area contributed by atoms with E-state index in [0.717, 1.165) is 18.3 Å². The van der Waals surface area contributed by atoms with Crippen LogP contribution in [0.4, 0.5) is 0 Å². The summed E-state index contributed by atoms with van der Waals surface area (Å²) in [6.07, 6.45) is 5.98. The molecule has 0 amide bonds. The third-order valence-electron chi connectivity index (χ3n) is 3.52. The molecule has 1 fully saturated rings. The average molecular weight is 270 g/mol. The van der Waals surface area contributed by atoms with Crippen molar-refractivity contribution < 1.29 is 9.47 Å². The second kappa shape index (κ2) is 5.90. The van der Waals surface area contributed by atoms with Gasteiger partial charge in [0.25, 0.3) is 0 Å². The van der Waals surface area contributed by atoms with Gasteiger partial charge in [-0.25, -0.2) is 9.97 Å². The predicted molar refractivity (Wildman–Crippen MR) is 75.9 cm³/mol. The Morgan fingerprint density at radius 2 is 1.80 bits per heavy atom. The highest BCUT2D eigenvalue weighted by Crippen LogP contribution is 2.37. The van der Waals surface area contributed by atoms with Crippen molar-refractivity contribution in [3.05, 3.63) is 42.7 Å². The summed E-state index contributed by atoms with van der Waals surface area (Å²) >= 11 is 0. The highest BCUT2D eigenvalue weighted by molar-refractivity contribution is 5.40. The number of hydrogen-bond donors (Lipinski definition) is 0. The van der Waals surface area contributed by atoms with Crippen molar-refractivity contribution in [3.8, 4) is 17.5 Å². The smallest absolute Gasteiger partial charge is 0.321 e. The number of hydrogen-bond acceptors (Lipinski definition) is 4. The lowest BCUT2D eigenvalue weighted by Gasteiger charge is -2.14. The minimum Gasteiger partial charge on any atom is -0.489 e.